The second-order valence-corrected chi connectivity index (χ2v) is 6.59. The molecule has 1 aromatic heterocycles. The molecule has 0 aliphatic heterocycles. The van der Waals surface area contributed by atoms with Crippen LogP contribution < -0.4 is 10.1 Å². The van der Waals surface area contributed by atoms with Crippen LogP contribution in [0.3, 0.4) is 0 Å². The first-order chi connectivity index (χ1) is 13.9. The standard InChI is InChI=1S/C21H22N4O4/c1-14-23-19(24-29-14)13-28-18-7-5-4-6-17(18)20(26)22-12-15-8-10-16(11-9-15)21(27)25(2)3/h4-11H,12-13H2,1-3H3,(H,22,26). The first kappa shape index (κ1) is 20.1. The van der Waals surface area contributed by atoms with Gasteiger partial charge in [-0.1, -0.05) is 29.4 Å². The van der Waals surface area contributed by atoms with E-state index in [-0.39, 0.29) is 18.4 Å². The van der Waals surface area contributed by atoms with Crippen LogP contribution in [0.4, 0.5) is 0 Å². The molecule has 0 saturated carbocycles. The zero-order chi connectivity index (χ0) is 20.8. The van der Waals surface area contributed by atoms with Gasteiger partial charge in [0.1, 0.15) is 5.75 Å². The van der Waals surface area contributed by atoms with Crippen molar-refractivity contribution in [2.45, 2.75) is 20.1 Å². The number of hydrogen-bond acceptors (Lipinski definition) is 6. The second-order valence-electron chi connectivity index (χ2n) is 6.59. The topological polar surface area (TPSA) is 97.6 Å². The highest BCUT2D eigenvalue weighted by atomic mass is 16.5. The van der Waals surface area contributed by atoms with E-state index in [4.69, 9.17) is 9.26 Å². The van der Waals surface area contributed by atoms with Gasteiger partial charge in [-0.2, -0.15) is 4.98 Å². The number of nitrogens with one attached hydrogen (secondary N) is 1. The normalized spacial score (nSPS) is 10.4. The Kier molecular flexibility index (Phi) is 6.23. The number of nitrogens with zero attached hydrogens (tertiary/aromatic N) is 3. The van der Waals surface area contributed by atoms with E-state index in [1.54, 1.807) is 57.4 Å². The van der Waals surface area contributed by atoms with E-state index in [0.717, 1.165) is 5.56 Å². The molecule has 0 aliphatic rings. The fourth-order valence-corrected chi connectivity index (χ4v) is 2.62. The van der Waals surface area contributed by atoms with Gasteiger partial charge in [0.2, 0.25) is 11.7 Å². The molecule has 0 bridgehead atoms. The molecule has 150 valence electrons. The Morgan fingerprint density at radius 1 is 1.10 bits per heavy atom. The Balaban J connectivity index is 1.61. The Labute approximate surface area is 168 Å². The van der Waals surface area contributed by atoms with Crippen molar-refractivity contribution >= 4 is 11.8 Å². The number of carbonyl (C=O) groups excluding carboxylic acids is 2. The lowest BCUT2D eigenvalue weighted by Gasteiger charge is -2.12. The van der Waals surface area contributed by atoms with Crippen LogP contribution in [0.1, 0.15) is 38.0 Å². The lowest BCUT2D eigenvalue weighted by atomic mass is 10.1. The summed E-state index contributed by atoms with van der Waals surface area (Å²) in [6.07, 6.45) is 0. The summed E-state index contributed by atoms with van der Waals surface area (Å²) in [6.45, 7) is 2.12. The quantitative estimate of drug-likeness (QED) is 0.661. The highest BCUT2D eigenvalue weighted by Crippen LogP contribution is 2.19. The SMILES string of the molecule is Cc1nc(COc2ccccc2C(=O)NCc2ccc(C(=O)N(C)C)cc2)no1. The summed E-state index contributed by atoms with van der Waals surface area (Å²) in [5, 5.41) is 6.64. The number of benzene rings is 2. The van der Waals surface area contributed by atoms with E-state index < -0.39 is 0 Å². The summed E-state index contributed by atoms with van der Waals surface area (Å²) in [7, 11) is 3.41. The zero-order valence-electron chi connectivity index (χ0n) is 16.5. The molecule has 1 heterocycles. The minimum absolute atomic E-state index is 0.0662. The van der Waals surface area contributed by atoms with E-state index >= 15 is 0 Å². The molecule has 3 aromatic rings. The third-order valence-electron chi connectivity index (χ3n) is 4.12. The maximum Gasteiger partial charge on any atom is 0.255 e. The molecular formula is C21H22N4O4. The van der Waals surface area contributed by atoms with Crippen LogP contribution >= 0.6 is 0 Å². The molecular weight excluding hydrogens is 372 g/mol. The van der Waals surface area contributed by atoms with Gasteiger partial charge in [-0.15, -0.1) is 0 Å². The molecule has 2 aromatic carbocycles. The van der Waals surface area contributed by atoms with Crippen LogP contribution in [-0.2, 0) is 13.2 Å². The Hall–Kier alpha value is -3.68. The average Bonchev–Trinajstić information content (AvgIpc) is 3.15. The fraction of sp³-hybridized carbons (Fsp3) is 0.238. The zero-order valence-corrected chi connectivity index (χ0v) is 16.5. The monoisotopic (exact) mass is 394 g/mol. The molecule has 0 atom stereocenters. The molecule has 29 heavy (non-hydrogen) atoms. The third kappa shape index (κ3) is 5.19. The molecule has 0 aliphatic carbocycles. The minimum atomic E-state index is -0.265. The Morgan fingerprint density at radius 2 is 1.83 bits per heavy atom. The van der Waals surface area contributed by atoms with Crippen molar-refractivity contribution in [2.24, 2.45) is 0 Å². The van der Waals surface area contributed by atoms with Crippen LogP contribution in [0.25, 0.3) is 0 Å². The number of rotatable bonds is 7. The highest BCUT2D eigenvalue weighted by Gasteiger charge is 2.13. The van der Waals surface area contributed by atoms with Crippen LogP contribution in [0.5, 0.6) is 5.75 Å². The number of amides is 2. The summed E-state index contributed by atoms with van der Waals surface area (Å²) >= 11 is 0. The largest absolute Gasteiger partial charge is 0.485 e. The molecule has 0 fully saturated rings. The number of ether oxygens (including phenoxy) is 1. The first-order valence-corrected chi connectivity index (χ1v) is 9.04. The van der Waals surface area contributed by atoms with Gasteiger partial charge in [0.05, 0.1) is 5.56 Å². The van der Waals surface area contributed by atoms with Crippen molar-refractivity contribution in [2.75, 3.05) is 14.1 Å². The maximum atomic E-state index is 12.6. The second kappa shape index (κ2) is 9.01. The molecule has 0 spiro atoms. The van der Waals surface area contributed by atoms with Gasteiger partial charge < -0.3 is 19.5 Å². The van der Waals surface area contributed by atoms with E-state index in [0.29, 0.717) is 35.1 Å². The lowest BCUT2D eigenvalue weighted by molar-refractivity contribution is 0.0827. The molecule has 8 heteroatoms. The number of hydrogen-bond donors (Lipinski definition) is 1. The van der Waals surface area contributed by atoms with Crippen LogP contribution in [-0.4, -0.2) is 41.0 Å². The van der Waals surface area contributed by atoms with Gasteiger partial charge in [-0.05, 0) is 29.8 Å². The third-order valence-corrected chi connectivity index (χ3v) is 4.12. The van der Waals surface area contributed by atoms with Crippen LogP contribution in [0.2, 0.25) is 0 Å². The summed E-state index contributed by atoms with van der Waals surface area (Å²) in [5.74, 6) is 0.958. The minimum Gasteiger partial charge on any atom is -0.485 e. The van der Waals surface area contributed by atoms with Crippen LogP contribution in [0, 0.1) is 6.92 Å². The summed E-state index contributed by atoms with van der Waals surface area (Å²) in [5.41, 5.74) is 1.89. The van der Waals surface area contributed by atoms with Gasteiger partial charge in [0.25, 0.3) is 11.8 Å². The van der Waals surface area contributed by atoms with Crippen molar-refractivity contribution in [1.29, 1.82) is 0 Å². The predicted octanol–water partition coefficient (Wildman–Crippen LogP) is 2.59. The van der Waals surface area contributed by atoms with Gasteiger partial charge in [-0.25, -0.2) is 0 Å². The predicted molar refractivity (Wildman–Crippen MR) is 105 cm³/mol. The van der Waals surface area contributed by atoms with Crippen molar-refractivity contribution in [3.05, 3.63) is 76.9 Å². The van der Waals surface area contributed by atoms with E-state index in [1.807, 2.05) is 12.1 Å². The summed E-state index contributed by atoms with van der Waals surface area (Å²) in [6, 6.07) is 14.1. The smallest absolute Gasteiger partial charge is 0.255 e. The van der Waals surface area contributed by atoms with Gasteiger partial charge >= 0.3 is 0 Å². The lowest BCUT2D eigenvalue weighted by Crippen LogP contribution is -2.24. The highest BCUT2D eigenvalue weighted by molar-refractivity contribution is 5.97. The molecule has 0 radical (unpaired) electrons. The van der Waals surface area contributed by atoms with Gasteiger partial charge in [-0.3, -0.25) is 9.59 Å². The number of aryl methyl sites for hydroxylation is 1. The molecule has 2 amide bonds. The molecule has 3 rings (SSSR count). The average molecular weight is 394 g/mol. The summed E-state index contributed by atoms with van der Waals surface area (Å²) in [4.78, 5) is 30.1. The van der Waals surface area contributed by atoms with E-state index in [2.05, 4.69) is 15.5 Å². The Bertz CT molecular complexity index is 996. The van der Waals surface area contributed by atoms with Crippen molar-refractivity contribution in [3.63, 3.8) is 0 Å². The molecule has 0 unspecified atom stereocenters. The van der Waals surface area contributed by atoms with Crippen molar-refractivity contribution in [1.82, 2.24) is 20.4 Å². The van der Waals surface area contributed by atoms with E-state index in [9.17, 15) is 9.59 Å². The van der Waals surface area contributed by atoms with Crippen molar-refractivity contribution in [3.8, 4) is 5.75 Å². The summed E-state index contributed by atoms with van der Waals surface area (Å²) < 4.78 is 10.6. The number of aromatic nitrogens is 2. The first-order valence-electron chi connectivity index (χ1n) is 9.04. The van der Waals surface area contributed by atoms with Gasteiger partial charge in [0.15, 0.2) is 6.61 Å². The number of para-hydroxylation sites is 1. The molecule has 1 N–H and O–H groups in total. The maximum absolute atomic E-state index is 12.6. The van der Waals surface area contributed by atoms with Crippen LogP contribution in [0.15, 0.2) is 53.1 Å². The van der Waals surface area contributed by atoms with Gasteiger partial charge in [0, 0.05) is 33.1 Å². The van der Waals surface area contributed by atoms with E-state index in [1.165, 1.54) is 4.90 Å². The molecule has 8 nitrogen and oxygen atoms in total. The van der Waals surface area contributed by atoms with Crippen molar-refractivity contribution < 1.29 is 18.8 Å². The number of carbonyl (C=O) groups is 2. The fourth-order valence-electron chi connectivity index (χ4n) is 2.62. The Morgan fingerprint density at radius 3 is 2.48 bits per heavy atom. The molecule has 0 saturated heterocycles.